The van der Waals surface area contributed by atoms with Crippen molar-refractivity contribution in [3.63, 3.8) is 0 Å². The van der Waals surface area contributed by atoms with Crippen molar-refractivity contribution >= 4 is 44.3 Å². The molecule has 1 aromatic heterocycles. The Bertz CT molecular complexity index is 649. The minimum atomic E-state index is 0.122. The highest BCUT2D eigenvalue weighted by molar-refractivity contribution is 14.1. The van der Waals surface area contributed by atoms with E-state index in [9.17, 15) is 4.79 Å². The van der Waals surface area contributed by atoms with Crippen LogP contribution in [-0.4, -0.2) is 15.6 Å². The third-order valence-electron chi connectivity index (χ3n) is 3.08. The lowest BCUT2D eigenvalue weighted by Crippen LogP contribution is -2.10. The number of aromatic nitrogens is 2. The molecule has 0 aliphatic carbocycles. The van der Waals surface area contributed by atoms with E-state index in [-0.39, 0.29) is 5.78 Å². The minimum Gasteiger partial charge on any atom is -0.294 e. The van der Waals surface area contributed by atoms with Crippen molar-refractivity contribution in [3.05, 3.63) is 48.8 Å². The van der Waals surface area contributed by atoms with Gasteiger partial charge in [-0.25, -0.2) is 0 Å². The van der Waals surface area contributed by atoms with Crippen molar-refractivity contribution in [1.29, 1.82) is 0 Å². The summed E-state index contributed by atoms with van der Waals surface area (Å²) >= 11 is 5.73. The average Bonchev–Trinajstić information content (AvgIpc) is 2.59. The fourth-order valence-electron chi connectivity index (χ4n) is 1.98. The van der Waals surface area contributed by atoms with Gasteiger partial charge < -0.3 is 0 Å². The summed E-state index contributed by atoms with van der Waals surface area (Å²) in [5, 5.41) is 4.31. The molecular formula is C14H14BrIN2O. The number of hydrogen-bond acceptors (Lipinski definition) is 2. The Labute approximate surface area is 134 Å². The Morgan fingerprint density at radius 1 is 1.42 bits per heavy atom. The number of hydrogen-bond donors (Lipinski definition) is 0. The van der Waals surface area contributed by atoms with Gasteiger partial charge in [0, 0.05) is 16.2 Å². The van der Waals surface area contributed by atoms with Gasteiger partial charge in [-0.1, -0.05) is 18.2 Å². The molecule has 0 saturated heterocycles. The number of carbonyl (C=O) groups excluding carboxylic acids is 1. The van der Waals surface area contributed by atoms with Crippen molar-refractivity contribution in [2.24, 2.45) is 7.05 Å². The first-order valence-corrected chi connectivity index (χ1v) is 7.75. The van der Waals surface area contributed by atoms with Crippen LogP contribution in [0.3, 0.4) is 0 Å². The van der Waals surface area contributed by atoms with Gasteiger partial charge in [-0.15, -0.1) is 0 Å². The van der Waals surface area contributed by atoms with Crippen molar-refractivity contribution in [1.82, 2.24) is 9.78 Å². The molecule has 2 aromatic rings. The van der Waals surface area contributed by atoms with Crippen molar-refractivity contribution in [3.8, 4) is 0 Å². The molecule has 5 heteroatoms. The van der Waals surface area contributed by atoms with Gasteiger partial charge in [0.25, 0.3) is 0 Å². The lowest BCUT2D eigenvalue weighted by molar-refractivity contribution is 0.0989. The van der Waals surface area contributed by atoms with Gasteiger partial charge in [0.1, 0.15) is 0 Å². The molecule has 19 heavy (non-hydrogen) atoms. The first-order chi connectivity index (χ1) is 8.91. The van der Waals surface area contributed by atoms with Gasteiger partial charge in [0.2, 0.25) is 0 Å². The lowest BCUT2D eigenvalue weighted by atomic mass is 10.0. The molecular weight excluding hydrogens is 419 g/mol. The maximum Gasteiger partial charge on any atom is 0.169 e. The van der Waals surface area contributed by atoms with E-state index in [1.54, 1.807) is 4.68 Å². The quantitative estimate of drug-likeness (QED) is 0.545. The first kappa shape index (κ1) is 14.7. The summed E-state index contributed by atoms with van der Waals surface area (Å²) in [6.45, 7) is 3.94. The molecule has 0 atom stereocenters. The van der Waals surface area contributed by atoms with E-state index < -0.39 is 0 Å². The third kappa shape index (κ3) is 2.91. The third-order valence-corrected chi connectivity index (χ3v) is 5.55. The summed E-state index contributed by atoms with van der Waals surface area (Å²) in [4.78, 5) is 12.4. The Morgan fingerprint density at radius 3 is 2.68 bits per heavy atom. The predicted molar refractivity (Wildman–Crippen MR) is 87.6 cm³/mol. The van der Waals surface area contributed by atoms with E-state index >= 15 is 0 Å². The number of Topliss-reactive ketones (excluding diaryl/α,β-unsaturated/α-hetero) is 1. The minimum absolute atomic E-state index is 0.122. The van der Waals surface area contributed by atoms with E-state index in [1.165, 1.54) is 0 Å². The van der Waals surface area contributed by atoms with E-state index in [4.69, 9.17) is 0 Å². The molecule has 0 unspecified atom stereocenters. The molecule has 2 rings (SSSR count). The SMILES string of the molecule is Cc1cccc(C(=O)Cc2c(Br)c(C)nn2C)c1I. The van der Waals surface area contributed by atoms with Crippen LogP contribution in [0.25, 0.3) is 0 Å². The van der Waals surface area contributed by atoms with Crippen molar-refractivity contribution in [2.75, 3.05) is 0 Å². The van der Waals surface area contributed by atoms with Crippen LogP contribution in [0.5, 0.6) is 0 Å². The summed E-state index contributed by atoms with van der Waals surface area (Å²) in [5.41, 5.74) is 3.74. The van der Waals surface area contributed by atoms with Gasteiger partial charge in [-0.2, -0.15) is 5.10 Å². The zero-order valence-corrected chi connectivity index (χ0v) is 14.7. The van der Waals surface area contributed by atoms with Gasteiger partial charge in [-0.05, 0) is 57.9 Å². The highest BCUT2D eigenvalue weighted by Crippen LogP contribution is 2.23. The van der Waals surface area contributed by atoms with E-state index in [1.807, 2.05) is 39.1 Å². The van der Waals surface area contributed by atoms with Crippen LogP contribution in [0.1, 0.15) is 27.3 Å². The monoisotopic (exact) mass is 432 g/mol. The summed E-state index contributed by atoms with van der Waals surface area (Å²) in [6.07, 6.45) is 0.359. The molecule has 0 saturated carbocycles. The predicted octanol–water partition coefficient (Wildman–Crippen LogP) is 3.83. The number of ketones is 1. The number of halogens is 2. The summed E-state index contributed by atoms with van der Waals surface area (Å²) in [5.74, 6) is 0.122. The van der Waals surface area contributed by atoms with Gasteiger partial charge >= 0.3 is 0 Å². The molecule has 1 aromatic carbocycles. The van der Waals surface area contributed by atoms with E-state index in [0.717, 1.165) is 30.6 Å². The molecule has 100 valence electrons. The first-order valence-electron chi connectivity index (χ1n) is 5.88. The van der Waals surface area contributed by atoms with Crippen LogP contribution in [0, 0.1) is 17.4 Å². The van der Waals surface area contributed by atoms with Gasteiger partial charge in [-0.3, -0.25) is 9.48 Å². The molecule has 0 amide bonds. The second kappa shape index (κ2) is 5.75. The van der Waals surface area contributed by atoms with Crippen molar-refractivity contribution in [2.45, 2.75) is 20.3 Å². The number of rotatable bonds is 3. The number of aryl methyl sites for hydroxylation is 3. The molecule has 0 spiro atoms. The fraction of sp³-hybridized carbons (Fsp3) is 0.286. The molecule has 1 heterocycles. The Balaban J connectivity index is 2.34. The van der Waals surface area contributed by atoms with Crippen LogP contribution < -0.4 is 0 Å². The average molecular weight is 433 g/mol. The highest BCUT2D eigenvalue weighted by atomic mass is 127. The molecule has 0 N–H and O–H groups in total. The number of carbonyl (C=O) groups is 1. The maximum atomic E-state index is 12.4. The molecule has 0 radical (unpaired) electrons. The summed E-state index contributed by atoms with van der Waals surface area (Å²) in [6, 6.07) is 5.82. The Morgan fingerprint density at radius 2 is 2.11 bits per heavy atom. The number of benzene rings is 1. The largest absolute Gasteiger partial charge is 0.294 e. The second-order valence-electron chi connectivity index (χ2n) is 4.51. The lowest BCUT2D eigenvalue weighted by Gasteiger charge is -2.07. The molecule has 0 aliphatic heterocycles. The number of nitrogens with zero attached hydrogens (tertiary/aromatic N) is 2. The molecule has 0 aliphatic rings. The van der Waals surface area contributed by atoms with E-state index in [2.05, 4.69) is 43.6 Å². The Hall–Kier alpha value is -0.690. The zero-order chi connectivity index (χ0) is 14.2. The summed E-state index contributed by atoms with van der Waals surface area (Å²) in [7, 11) is 1.86. The summed E-state index contributed by atoms with van der Waals surface area (Å²) < 4.78 is 3.71. The maximum absolute atomic E-state index is 12.4. The van der Waals surface area contributed by atoms with Crippen LogP contribution in [0.2, 0.25) is 0 Å². The highest BCUT2D eigenvalue weighted by Gasteiger charge is 2.17. The van der Waals surface area contributed by atoms with Gasteiger partial charge in [0.15, 0.2) is 5.78 Å². The van der Waals surface area contributed by atoms with Gasteiger partial charge in [0.05, 0.1) is 22.3 Å². The fourth-order valence-corrected chi connectivity index (χ4v) is 3.12. The normalized spacial score (nSPS) is 10.8. The van der Waals surface area contributed by atoms with Crippen LogP contribution in [0.15, 0.2) is 22.7 Å². The van der Waals surface area contributed by atoms with E-state index in [0.29, 0.717) is 6.42 Å². The van der Waals surface area contributed by atoms with Crippen LogP contribution in [-0.2, 0) is 13.5 Å². The molecule has 0 bridgehead atoms. The molecule has 3 nitrogen and oxygen atoms in total. The smallest absolute Gasteiger partial charge is 0.169 e. The van der Waals surface area contributed by atoms with Crippen molar-refractivity contribution < 1.29 is 4.79 Å². The standard InChI is InChI=1S/C14H14BrIN2O/c1-8-5-4-6-10(14(8)16)12(19)7-11-13(15)9(2)17-18(11)3/h4-6H,7H2,1-3H3. The molecule has 0 fully saturated rings. The second-order valence-corrected chi connectivity index (χ2v) is 6.38. The zero-order valence-electron chi connectivity index (χ0n) is 11.0. The van der Waals surface area contributed by atoms with Crippen LogP contribution in [0.4, 0.5) is 0 Å². The topological polar surface area (TPSA) is 34.9 Å². The van der Waals surface area contributed by atoms with Crippen LogP contribution >= 0.6 is 38.5 Å². The Kier molecular flexibility index (Phi) is 4.45.